The van der Waals surface area contributed by atoms with Gasteiger partial charge in [-0.3, -0.25) is 9.59 Å². The molecule has 1 unspecified atom stereocenters. The first kappa shape index (κ1) is 16.1. The third kappa shape index (κ3) is 3.86. The fraction of sp³-hybridized carbons (Fsp3) is 0.385. The zero-order valence-corrected chi connectivity index (χ0v) is 11.2. The molecule has 1 aromatic carbocycles. The summed E-state index contributed by atoms with van der Waals surface area (Å²) in [4.78, 5) is 23.9. The summed E-state index contributed by atoms with van der Waals surface area (Å²) in [6.45, 7) is -1.67. The molecule has 0 radical (unpaired) electrons. The van der Waals surface area contributed by atoms with E-state index in [1.54, 1.807) is 0 Å². The molecular weight excluding hydrogens is 308 g/mol. The molecule has 0 saturated carbocycles. The Labute approximate surface area is 122 Å². The highest BCUT2D eigenvalue weighted by atomic mass is 19.4. The van der Waals surface area contributed by atoms with Crippen molar-refractivity contribution in [1.29, 1.82) is 0 Å². The normalized spacial score (nSPS) is 18.6. The van der Waals surface area contributed by atoms with E-state index in [2.05, 4.69) is 5.32 Å². The Morgan fingerprint density at radius 1 is 1.41 bits per heavy atom. The molecule has 2 amide bonds. The maximum absolute atomic E-state index is 13.5. The standard InChI is InChI=1S/C13H12F4N2O3/c14-10-4-8(20)1-2-9(10)12(22)18-7-3-11(21)19(5-7)6-13(15,16)17/h1-2,4,7,20H,3,5-6H2,(H,18,22). The Kier molecular flexibility index (Phi) is 4.25. The molecule has 1 aromatic rings. The van der Waals surface area contributed by atoms with Gasteiger partial charge in [-0.15, -0.1) is 0 Å². The molecule has 2 rings (SSSR count). The van der Waals surface area contributed by atoms with Crippen LogP contribution in [0.3, 0.4) is 0 Å². The first-order valence-corrected chi connectivity index (χ1v) is 6.29. The van der Waals surface area contributed by atoms with Crippen LogP contribution >= 0.6 is 0 Å². The topological polar surface area (TPSA) is 69.6 Å². The minimum Gasteiger partial charge on any atom is -0.508 e. The van der Waals surface area contributed by atoms with E-state index in [4.69, 9.17) is 5.11 Å². The van der Waals surface area contributed by atoms with Gasteiger partial charge in [-0.25, -0.2) is 4.39 Å². The molecule has 5 nitrogen and oxygen atoms in total. The third-order valence-electron chi connectivity index (χ3n) is 3.12. The summed E-state index contributed by atoms with van der Waals surface area (Å²) in [6.07, 6.45) is -4.79. The number of phenols is 1. The number of hydrogen-bond donors (Lipinski definition) is 2. The van der Waals surface area contributed by atoms with Crippen LogP contribution in [0, 0.1) is 5.82 Å². The molecule has 1 aliphatic heterocycles. The molecule has 9 heteroatoms. The lowest BCUT2D eigenvalue weighted by molar-refractivity contribution is -0.157. The van der Waals surface area contributed by atoms with Crippen LogP contribution in [0.2, 0.25) is 0 Å². The minimum absolute atomic E-state index is 0.276. The highest BCUT2D eigenvalue weighted by Crippen LogP contribution is 2.21. The molecule has 1 saturated heterocycles. The van der Waals surface area contributed by atoms with Crippen molar-refractivity contribution < 1.29 is 32.3 Å². The SMILES string of the molecule is O=C(NC1CC(=O)N(CC(F)(F)F)C1)c1ccc(O)cc1F. The molecular formula is C13H12F4N2O3. The Morgan fingerprint density at radius 3 is 2.68 bits per heavy atom. The lowest BCUT2D eigenvalue weighted by atomic mass is 10.1. The van der Waals surface area contributed by atoms with Crippen molar-refractivity contribution >= 4 is 11.8 Å². The number of nitrogens with one attached hydrogen (secondary N) is 1. The van der Waals surface area contributed by atoms with Crippen molar-refractivity contribution in [2.75, 3.05) is 13.1 Å². The van der Waals surface area contributed by atoms with E-state index in [0.717, 1.165) is 18.2 Å². The van der Waals surface area contributed by atoms with E-state index < -0.39 is 36.4 Å². The molecule has 0 aliphatic carbocycles. The number of carbonyl (C=O) groups is 2. The van der Waals surface area contributed by atoms with Crippen LogP contribution in [0.1, 0.15) is 16.8 Å². The van der Waals surface area contributed by atoms with Gasteiger partial charge in [0.25, 0.3) is 5.91 Å². The number of alkyl halides is 3. The quantitative estimate of drug-likeness (QED) is 0.828. The Balaban J connectivity index is 2.00. The first-order chi connectivity index (χ1) is 10.2. The number of aromatic hydroxyl groups is 1. The number of nitrogens with zero attached hydrogens (tertiary/aromatic N) is 1. The van der Waals surface area contributed by atoms with Crippen LogP contribution in [0.4, 0.5) is 17.6 Å². The number of likely N-dealkylation sites (tertiary alicyclic amines) is 1. The van der Waals surface area contributed by atoms with E-state index in [9.17, 15) is 27.2 Å². The number of benzene rings is 1. The van der Waals surface area contributed by atoms with Crippen molar-refractivity contribution in [3.8, 4) is 5.75 Å². The Bertz CT molecular complexity index is 603. The molecule has 22 heavy (non-hydrogen) atoms. The molecule has 0 aromatic heterocycles. The van der Waals surface area contributed by atoms with E-state index in [1.165, 1.54) is 0 Å². The second-order valence-corrected chi connectivity index (χ2v) is 4.93. The fourth-order valence-corrected chi connectivity index (χ4v) is 2.19. The molecule has 0 bridgehead atoms. The Hall–Kier alpha value is -2.32. The van der Waals surface area contributed by atoms with Crippen molar-refractivity contribution in [1.82, 2.24) is 10.2 Å². The number of halogens is 4. The predicted molar refractivity (Wildman–Crippen MR) is 66.6 cm³/mol. The van der Waals surface area contributed by atoms with Gasteiger partial charge in [0.1, 0.15) is 18.1 Å². The zero-order chi connectivity index (χ0) is 16.5. The van der Waals surface area contributed by atoms with Crippen LogP contribution in [0.15, 0.2) is 18.2 Å². The number of carbonyl (C=O) groups excluding carboxylic acids is 2. The highest BCUT2D eigenvalue weighted by molar-refractivity contribution is 5.95. The number of amides is 2. The van der Waals surface area contributed by atoms with Gasteiger partial charge in [-0.2, -0.15) is 13.2 Å². The van der Waals surface area contributed by atoms with Gasteiger partial charge in [0.05, 0.1) is 11.6 Å². The summed E-state index contributed by atoms with van der Waals surface area (Å²) in [6, 6.07) is 2.07. The lowest BCUT2D eigenvalue weighted by Gasteiger charge is -2.18. The summed E-state index contributed by atoms with van der Waals surface area (Å²) in [7, 11) is 0. The first-order valence-electron chi connectivity index (χ1n) is 6.29. The van der Waals surface area contributed by atoms with Gasteiger partial charge in [0.15, 0.2) is 0 Å². The maximum atomic E-state index is 13.5. The highest BCUT2D eigenvalue weighted by Gasteiger charge is 2.38. The predicted octanol–water partition coefficient (Wildman–Crippen LogP) is 1.42. The van der Waals surface area contributed by atoms with Gasteiger partial charge in [0, 0.05) is 19.0 Å². The summed E-state index contributed by atoms with van der Waals surface area (Å²) < 4.78 is 50.3. The molecule has 0 spiro atoms. The molecule has 120 valence electrons. The van der Waals surface area contributed by atoms with E-state index in [-0.39, 0.29) is 24.3 Å². The zero-order valence-electron chi connectivity index (χ0n) is 11.2. The van der Waals surface area contributed by atoms with Crippen molar-refractivity contribution in [2.45, 2.75) is 18.6 Å². The van der Waals surface area contributed by atoms with E-state index >= 15 is 0 Å². The second-order valence-electron chi connectivity index (χ2n) is 4.93. The summed E-state index contributed by atoms with van der Waals surface area (Å²) in [5.74, 6) is -2.91. The van der Waals surface area contributed by atoms with Gasteiger partial charge >= 0.3 is 6.18 Å². The molecule has 2 N–H and O–H groups in total. The van der Waals surface area contributed by atoms with Crippen molar-refractivity contribution in [3.63, 3.8) is 0 Å². The van der Waals surface area contributed by atoms with E-state index in [0.29, 0.717) is 4.90 Å². The average molecular weight is 320 g/mol. The molecule has 1 fully saturated rings. The third-order valence-corrected chi connectivity index (χ3v) is 3.12. The van der Waals surface area contributed by atoms with Crippen LogP contribution < -0.4 is 5.32 Å². The van der Waals surface area contributed by atoms with Crippen LogP contribution in [-0.2, 0) is 4.79 Å². The maximum Gasteiger partial charge on any atom is 0.406 e. The van der Waals surface area contributed by atoms with Gasteiger partial charge in [-0.1, -0.05) is 0 Å². The second kappa shape index (κ2) is 5.82. The largest absolute Gasteiger partial charge is 0.508 e. The smallest absolute Gasteiger partial charge is 0.406 e. The van der Waals surface area contributed by atoms with Gasteiger partial charge in [-0.05, 0) is 12.1 Å². The number of hydrogen-bond acceptors (Lipinski definition) is 3. The van der Waals surface area contributed by atoms with Crippen LogP contribution in [0.25, 0.3) is 0 Å². The summed E-state index contributed by atoms with van der Waals surface area (Å²) in [5.41, 5.74) is -0.362. The van der Waals surface area contributed by atoms with Gasteiger partial charge in [0.2, 0.25) is 5.91 Å². The molecule has 1 heterocycles. The minimum atomic E-state index is -4.52. The van der Waals surface area contributed by atoms with Gasteiger partial charge < -0.3 is 15.3 Å². The van der Waals surface area contributed by atoms with Crippen molar-refractivity contribution in [3.05, 3.63) is 29.6 Å². The Morgan fingerprint density at radius 2 is 2.09 bits per heavy atom. The monoisotopic (exact) mass is 320 g/mol. The number of rotatable bonds is 3. The van der Waals surface area contributed by atoms with Crippen LogP contribution in [-0.4, -0.2) is 47.1 Å². The lowest BCUT2D eigenvalue weighted by Crippen LogP contribution is -2.40. The molecule has 1 aliphatic rings. The summed E-state index contributed by atoms with van der Waals surface area (Å²) >= 11 is 0. The summed E-state index contributed by atoms with van der Waals surface area (Å²) in [5, 5.41) is 11.4. The van der Waals surface area contributed by atoms with E-state index in [1.807, 2.05) is 0 Å². The molecule has 1 atom stereocenters. The number of phenolic OH excluding ortho intramolecular Hbond substituents is 1. The van der Waals surface area contributed by atoms with Crippen LogP contribution in [0.5, 0.6) is 5.75 Å². The fourth-order valence-electron chi connectivity index (χ4n) is 2.19. The average Bonchev–Trinajstić information content (AvgIpc) is 2.66. The van der Waals surface area contributed by atoms with Crippen molar-refractivity contribution in [2.24, 2.45) is 0 Å².